The second-order valence-electron chi connectivity index (χ2n) is 5.59. The highest BCUT2D eigenvalue weighted by molar-refractivity contribution is 5.19. The zero-order valence-electron chi connectivity index (χ0n) is 11.2. The molecule has 3 rings (SSSR count). The minimum Gasteiger partial charge on any atom is -0.375 e. The van der Waals surface area contributed by atoms with E-state index in [9.17, 15) is 0 Å². The van der Waals surface area contributed by atoms with E-state index in [1.165, 1.54) is 31.2 Å². The van der Waals surface area contributed by atoms with E-state index in [1.54, 1.807) is 0 Å². The van der Waals surface area contributed by atoms with E-state index < -0.39 is 0 Å². The number of hydrogen-bond acceptors (Lipinski definition) is 2. The fourth-order valence-electron chi connectivity index (χ4n) is 3.53. The van der Waals surface area contributed by atoms with E-state index in [0.717, 1.165) is 13.2 Å². The Labute approximate surface area is 110 Å². The van der Waals surface area contributed by atoms with Crippen LogP contribution in [0, 0.1) is 0 Å². The number of morpholine rings is 1. The summed E-state index contributed by atoms with van der Waals surface area (Å²) in [6, 6.07) is 12.0. The van der Waals surface area contributed by atoms with Crippen molar-refractivity contribution in [2.45, 2.75) is 50.8 Å². The number of fused-ring (bicyclic) bond motifs is 1. The SMILES string of the molecule is C[C@H](c1ccccc1)N1CCO[C@@H]2CCCC[C@H]21. The zero-order chi connectivity index (χ0) is 12.4. The summed E-state index contributed by atoms with van der Waals surface area (Å²) in [7, 11) is 0. The highest BCUT2D eigenvalue weighted by Gasteiger charge is 2.36. The molecule has 1 aliphatic heterocycles. The van der Waals surface area contributed by atoms with Crippen LogP contribution < -0.4 is 0 Å². The van der Waals surface area contributed by atoms with Crippen LogP contribution in [-0.4, -0.2) is 30.2 Å². The van der Waals surface area contributed by atoms with Gasteiger partial charge in [-0.15, -0.1) is 0 Å². The molecule has 0 N–H and O–H groups in total. The van der Waals surface area contributed by atoms with Crippen molar-refractivity contribution in [3.8, 4) is 0 Å². The molecule has 3 atom stereocenters. The summed E-state index contributed by atoms with van der Waals surface area (Å²) in [5.74, 6) is 0. The Bertz CT molecular complexity index is 376. The van der Waals surface area contributed by atoms with Crippen molar-refractivity contribution in [2.75, 3.05) is 13.2 Å². The van der Waals surface area contributed by atoms with Gasteiger partial charge in [-0.05, 0) is 25.3 Å². The average molecular weight is 245 g/mol. The molecule has 2 heteroatoms. The number of ether oxygens (including phenoxy) is 1. The van der Waals surface area contributed by atoms with Crippen LogP contribution >= 0.6 is 0 Å². The number of nitrogens with zero attached hydrogens (tertiary/aromatic N) is 1. The van der Waals surface area contributed by atoms with E-state index in [1.807, 2.05) is 0 Å². The van der Waals surface area contributed by atoms with Gasteiger partial charge in [-0.2, -0.15) is 0 Å². The molecule has 1 saturated heterocycles. The average Bonchev–Trinajstić information content (AvgIpc) is 2.47. The zero-order valence-corrected chi connectivity index (χ0v) is 11.2. The first-order valence-electron chi connectivity index (χ1n) is 7.28. The van der Waals surface area contributed by atoms with Crippen LogP contribution in [0.5, 0.6) is 0 Å². The van der Waals surface area contributed by atoms with Crippen molar-refractivity contribution in [1.82, 2.24) is 4.90 Å². The lowest BCUT2D eigenvalue weighted by molar-refractivity contribution is -0.101. The van der Waals surface area contributed by atoms with Crippen molar-refractivity contribution in [1.29, 1.82) is 0 Å². The molecule has 18 heavy (non-hydrogen) atoms. The summed E-state index contributed by atoms with van der Waals surface area (Å²) in [4.78, 5) is 2.67. The molecule has 1 aromatic carbocycles. The number of rotatable bonds is 2. The lowest BCUT2D eigenvalue weighted by Gasteiger charge is -2.46. The summed E-state index contributed by atoms with van der Waals surface area (Å²) in [6.07, 6.45) is 5.75. The molecule has 2 aliphatic rings. The summed E-state index contributed by atoms with van der Waals surface area (Å²) >= 11 is 0. The van der Waals surface area contributed by atoms with Crippen LogP contribution in [0.4, 0.5) is 0 Å². The van der Waals surface area contributed by atoms with E-state index in [0.29, 0.717) is 18.2 Å². The summed E-state index contributed by atoms with van der Waals surface area (Å²) in [5.41, 5.74) is 1.43. The van der Waals surface area contributed by atoms with E-state index in [4.69, 9.17) is 4.74 Å². The van der Waals surface area contributed by atoms with Gasteiger partial charge in [0.05, 0.1) is 12.7 Å². The van der Waals surface area contributed by atoms with Crippen LogP contribution in [-0.2, 0) is 4.74 Å². The fourth-order valence-corrected chi connectivity index (χ4v) is 3.53. The summed E-state index contributed by atoms with van der Waals surface area (Å²) < 4.78 is 5.96. The molecule has 98 valence electrons. The molecule has 2 nitrogen and oxygen atoms in total. The first-order chi connectivity index (χ1) is 8.86. The Morgan fingerprint density at radius 2 is 1.94 bits per heavy atom. The van der Waals surface area contributed by atoms with Gasteiger partial charge in [-0.1, -0.05) is 43.2 Å². The van der Waals surface area contributed by atoms with Crippen molar-refractivity contribution >= 4 is 0 Å². The molecule has 0 amide bonds. The third kappa shape index (κ3) is 2.32. The third-order valence-corrected chi connectivity index (χ3v) is 4.55. The van der Waals surface area contributed by atoms with E-state index in [-0.39, 0.29) is 0 Å². The maximum atomic E-state index is 5.96. The normalized spacial score (nSPS) is 30.7. The largest absolute Gasteiger partial charge is 0.375 e. The predicted octanol–water partition coefficient (Wildman–Crippen LogP) is 3.39. The molecule has 1 aromatic rings. The van der Waals surface area contributed by atoms with Crippen molar-refractivity contribution in [3.05, 3.63) is 35.9 Å². The summed E-state index contributed by atoms with van der Waals surface area (Å²) in [5, 5.41) is 0. The van der Waals surface area contributed by atoms with Crippen molar-refractivity contribution < 1.29 is 4.74 Å². The van der Waals surface area contributed by atoms with Crippen molar-refractivity contribution in [3.63, 3.8) is 0 Å². The molecule has 1 heterocycles. The molecule has 0 spiro atoms. The topological polar surface area (TPSA) is 12.5 Å². The smallest absolute Gasteiger partial charge is 0.0731 e. The van der Waals surface area contributed by atoms with E-state index >= 15 is 0 Å². The maximum Gasteiger partial charge on any atom is 0.0731 e. The van der Waals surface area contributed by atoms with E-state index in [2.05, 4.69) is 42.2 Å². The van der Waals surface area contributed by atoms with Gasteiger partial charge in [0.15, 0.2) is 0 Å². The fraction of sp³-hybridized carbons (Fsp3) is 0.625. The van der Waals surface area contributed by atoms with Gasteiger partial charge in [-0.3, -0.25) is 4.90 Å². The first-order valence-corrected chi connectivity index (χ1v) is 7.28. The highest BCUT2D eigenvalue weighted by atomic mass is 16.5. The van der Waals surface area contributed by atoms with Gasteiger partial charge in [0.2, 0.25) is 0 Å². The van der Waals surface area contributed by atoms with Gasteiger partial charge in [-0.25, -0.2) is 0 Å². The van der Waals surface area contributed by atoms with Gasteiger partial charge >= 0.3 is 0 Å². The Kier molecular flexibility index (Phi) is 3.67. The van der Waals surface area contributed by atoms with Gasteiger partial charge in [0.1, 0.15) is 0 Å². The Hall–Kier alpha value is -0.860. The van der Waals surface area contributed by atoms with Crippen LogP contribution in [0.15, 0.2) is 30.3 Å². The lowest BCUT2D eigenvalue weighted by atomic mass is 9.88. The van der Waals surface area contributed by atoms with Crippen molar-refractivity contribution in [2.24, 2.45) is 0 Å². The molecule has 2 fully saturated rings. The molecular weight excluding hydrogens is 222 g/mol. The minimum atomic E-state index is 0.485. The second kappa shape index (κ2) is 5.41. The molecule has 1 aliphatic carbocycles. The third-order valence-electron chi connectivity index (χ3n) is 4.55. The highest BCUT2D eigenvalue weighted by Crippen LogP contribution is 2.33. The Morgan fingerprint density at radius 3 is 2.78 bits per heavy atom. The maximum absolute atomic E-state index is 5.96. The van der Waals surface area contributed by atoms with Crippen LogP contribution in [0.2, 0.25) is 0 Å². The second-order valence-corrected chi connectivity index (χ2v) is 5.59. The minimum absolute atomic E-state index is 0.485. The Morgan fingerprint density at radius 1 is 1.17 bits per heavy atom. The van der Waals surface area contributed by atoms with Crippen LogP contribution in [0.25, 0.3) is 0 Å². The summed E-state index contributed by atoms with van der Waals surface area (Å²) in [6.45, 7) is 4.32. The monoisotopic (exact) mass is 245 g/mol. The molecule has 0 unspecified atom stereocenters. The van der Waals surface area contributed by atoms with Crippen LogP contribution in [0.3, 0.4) is 0 Å². The predicted molar refractivity (Wildman–Crippen MR) is 73.6 cm³/mol. The molecule has 0 radical (unpaired) electrons. The molecule has 0 aromatic heterocycles. The molecule has 0 bridgehead atoms. The Balaban J connectivity index is 1.77. The van der Waals surface area contributed by atoms with Gasteiger partial charge in [0, 0.05) is 18.6 Å². The molecular formula is C16H23NO. The molecule has 1 saturated carbocycles. The standard InChI is InChI=1S/C16H23NO/c1-13(14-7-3-2-4-8-14)17-11-12-18-16-10-6-5-9-15(16)17/h2-4,7-8,13,15-16H,5-6,9-12H2,1H3/t13-,15-,16-/m1/s1. The number of benzene rings is 1. The lowest BCUT2D eigenvalue weighted by Crippen LogP contribution is -2.53. The number of hydrogen-bond donors (Lipinski definition) is 0. The van der Waals surface area contributed by atoms with Gasteiger partial charge < -0.3 is 4.74 Å². The quantitative estimate of drug-likeness (QED) is 0.792. The first kappa shape index (κ1) is 12.2. The van der Waals surface area contributed by atoms with Crippen LogP contribution in [0.1, 0.15) is 44.2 Å². The van der Waals surface area contributed by atoms with Gasteiger partial charge in [0.25, 0.3) is 0 Å².